The van der Waals surface area contributed by atoms with Crippen molar-refractivity contribution < 1.29 is 56.3 Å². The molecule has 0 bridgehead atoms. The smallest absolute Gasteiger partial charge is 0.457 e. The minimum absolute atomic E-state index is 0.242. The van der Waals surface area contributed by atoms with Gasteiger partial charge < -0.3 is 13.1 Å². The van der Waals surface area contributed by atoms with Gasteiger partial charge in [0.2, 0.25) is 0 Å². The minimum atomic E-state index is -6.39. The van der Waals surface area contributed by atoms with Crippen molar-refractivity contribution >= 4 is 20.2 Å². The van der Waals surface area contributed by atoms with E-state index in [4.69, 9.17) is 4.74 Å². The Morgan fingerprint density at radius 2 is 1.33 bits per heavy atom. The number of halogens is 6. The van der Waals surface area contributed by atoms with Gasteiger partial charge in [0, 0.05) is 12.0 Å². The highest BCUT2D eigenvalue weighted by atomic mass is 32.2. The van der Waals surface area contributed by atoms with Crippen molar-refractivity contribution in [3.8, 4) is 23.0 Å². The molecule has 0 fully saturated rings. The number of fused-ring (bicyclic) bond motifs is 2. The third kappa shape index (κ3) is 3.98. The van der Waals surface area contributed by atoms with Crippen molar-refractivity contribution in [1.29, 1.82) is 0 Å². The van der Waals surface area contributed by atoms with Gasteiger partial charge in [0.05, 0.1) is 0 Å². The average Bonchev–Trinajstić information content (AvgIpc) is 2.60. The largest absolute Gasteiger partial charge is 0.534 e. The van der Waals surface area contributed by atoms with Gasteiger partial charge in [-0.3, -0.25) is 0 Å². The zero-order chi connectivity index (χ0) is 22.5. The minimum Gasteiger partial charge on any atom is -0.457 e. The lowest BCUT2D eigenvalue weighted by atomic mass is 9.99. The van der Waals surface area contributed by atoms with Gasteiger partial charge in [0.15, 0.2) is 11.5 Å². The van der Waals surface area contributed by atoms with Gasteiger partial charge in [-0.1, -0.05) is 18.2 Å². The number of rotatable bonds is 4. The van der Waals surface area contributed by atoms with Crippen LogP contribution in [-0.2, 0) is 26.7 Å². The predicted molar refractivity (Wildman–Crippen MR) is 87.0 cm³/mol. The van der Waals surface area contributed by atoms with Crippen LogP contribution < -0.4 is 13.1 Å². The van der Waals surface area contributed by atoms with Gasteiger partial charge in [-0.2, -0.15) is 43.2 Å². The number of para-hydroxylation sites is 1. The van der Waals surface area contributed by atoms with Crippen LogP contribution in [0.25, 0.3) is 0 Å². The van der Waals surface area contributed by atoms with E-state index in [1.807, 2.05) is 0 Å². The van der Waals surface area contributed by atoms with Gasteiger partial charge in [0.25, 0.3) is 0 Å². The molecule has 1 heterocycles. The molecule has 2 aromatic rings. The SMILES string of the molecule is O=S(=O)(Oc1ccc2c(c1OS(=O)(=O)C(F)(F)F)Cc1ccccc1O2)C(F)(F)F. The third-order valence-electron chi connectivity index (χ3n) is 3.70. The Balaban J connectivity index is 2.17. The Bertz CT molecular complexity index is 1200. The fraction of sp³-hybridized carbons (Fsp3) is 0.200. The zero-order valence-corrected chi connectivity index (χ0v) is 15.7. The molecule has 0 atom stereocenters. The van der Waals surface area contributed by atoms with Crippen LogP contribution in [-0.4, -0.2) is 27.9 Å². The van der Waals surface area contributed by atoms with Gasteiger partial charge in [-0.15, -0.1) is 0 Å². The second-order valence-electron chi connectivity index (χ2n) is 5.72. The van der Waals surface area contributed by atoms with E-state index in [1.54, 1.807) is 6.07 Å². The molecular weight excluding hydrogens is 470 g/mol. The molecule has 0 saturated heterocycles. The molecule has 0 N–H and O–H groups in total. The molecule has 164 valence electrons. The van der Waals surface area contributed by atoms with E-state index in [0.717, 1.165) is 6.07 Å². The van der Waals surface area contributed by atoms with Crippen LogP contribution in [0.3, 0.4) is 0 Å². The Morgan fingerprint density at radius 3 is 1.93 bits per heavy atom. The summed E-state index contributed by atoms with van der Waals surface area (Å²) >= 11 is 0. The van der Waals surface area contributed by atoms with Gasteiger partial charge in [0.1, 0.15) is 11.5 Å². The van der Waals surface area contributed by atoms with Crippen LogP contribution in [0.15, 0.2) is 36.4 Å². The number of benzene rings is 2. The van der Waals surface area contributed by atoms with E-state index in [-0.39, 0.29) is 17.9 Å². The molecule has 0 aliphatic carbocycles. The maximum absolute atomic E-state index is 12.8. The lowest BCUT2D eigenvalue weighted by Crippen LogP contribution is -2.30. The molecule has 30 heavy (non-hydrogen) atoms. The van der Waals surface area contributed by atoms with Gasteiger partial charge in [-0.25, -0.2) is 0 Å². The first-order chi connectivity index (χ1) is 13.6. The second kappa shape index (κ2) is 6.94. The topological polar surface area (TPSA) is 96.0 Å². The Morgan fingerprint density at radius 1 is 0.767 bits per heavy atom. The summed E-state index contributed by atoms with van der Waals surface area (Å²) in [6.45, 7) is 0. The summed E-state index contributed by atoms with van der Waals surface area (Å²) in [5, 5.41) is 0. The first kappa shape index (κ1) is 22.0. The molecular formula is C15H8F6O7S2. The van der Waals surface area contributed by atoms with E-state index in [2.05, 4.69) is 8.37 Å². The highest BCUT2D eigenvalue weighted by molar-refractivity contribution is 7.88. The summed E-state index contributed by atoms with van der Waals surface area (Å²) in [4.78, 5) is 0. The lowest BCUT2D eigenvalue weighted by molar-refractivity contribution is -0.0513. The van der Waals surface area contributed by atoms with Crippen LogP contribution in [0.1, 0.15) is 11.1 Å². The third-order valence-corrected chi connectivity index (χ3v) is 5.62. The summed E-state index contributed by atoms with van der Waals surface area (Å²) in [6.07, 6.45) is -0.350. The Kier molecular flexibility index (Phi) is 5.09. The monoisotopic (exact) mass is 478 g/mol. The first-order valence-electron chi connectivity index (χ1n) is 7.55. The lowest BCUT2D eigenvalue weighted by Gasteiger charge is -2.24. The summed E-state index contributed by atoms with van der Waals surface area (Å²) in [7, 11) is -12.7. The Hall–Kier alpha value is -2.68. The molecule has 2 aromatic carbocycles. The molecule has 7 nitrogen and oxygen atoms in total. The first-order valence-corrected chi connectivity index (χ1v) is 10.4. The quantitative estimate of drug-likeness (QED) is 0.319. The van der Waals surface area contributed by atoms with E-state index >= 15 is 0 Å². The molecule has 1 aliphatic rings. The number of alkyl halides is 6. The van der Waals surface area contributed by atoms with E-state index in [0.29, 0.717) is 11.6 Å². The number of hydrogen-bond acceptors (Lipinski definition) is 7. The molecule has 3 rings (SSSR count). The van der Waals surface area contributed by atoms with Crippen molar-refractivity contribution in [1.82, 2.24) is 0 Å². The maximum Gasteiger partial charge on any atom is 0.534 e. The number of ether oxygens (including phenoxy) is 1. The van der Waals surface area contributed by atoms with E-state index in [9.17, 15) is 43.2 Å². The second-order valence-corrected chi connectivity index (χ2v) is 8.80. The average molecular weight is 478 g/mol. The maximum atomic E-state index is 12.8. The molecule has 15 heteroatoms. The zero-order valence-electron chi connectivity index (χ0n) is 14.1. The van der Waals surface area contributed by atoms with Crippen molar-refractivity contribution in [2.75, 3.05) is 0 Å². The molecule has 0 radical (unpaired) electrons. The van der Waals surface area contributed by atoms with Crippen LogP contribution in [0, 0.1) is 0 Å². The standard InChI is InChI=1S/C15H8F6O7S2/c16-14(17,18)29(22,23)27-12-6-5-11-9(7-8-3-1-2-4-10(8)26-11)13(12)28-30(24,25)15(19,20)21/h1-6H,7H2. The molecule has 0 saturated carbocycles. The fourth-order valence-corrected chi connectivity index (χ4v) is 3.35. The molecule has 0 unspecified atom stereocenters. The summed E-state index contributed by atoms with van der Waals surface area (Å²) in [5.74, 6) is -2.84. The van der Waals surface area contributed by atoms with Gasteiger partial charge >= 0.3 is 31.3 Å². The number of hydrogen-bond donors (Lipinski definition) is 0. The van der Waals surface area contributed by atoms with Crippen molar-refractivity contribution in [3.63, 3.8) is 0 Å². The van der Waals surface area contributed by atoms with Crippen molar-refractivity contribution in [2.45, 2.75) is 17.4 Å². The summed E-state index contributed by atoms with van der Waals surface area (Å²) in [6, 6.07) is 7.37. The molecule has 0 aromatic heterocycles. The molecule has 0 spiro atoms. The van der Waals surface area contributed by atoms with Crippen LogP contribution in [0.5, 0.6) is 23.0 Å². The summed E-state index contributed by atoms with van der Waals surface area (Å²) < 4.78 is 135. The highest BCUT2D eigenvalue weighted by Gasteiger charge is 2.51. The van der Waals surface area contributed by atoms with Crippen LogP contribution in [0.2, 0.25) is 0 Å². The van der Waals surface area contributed by atoms with Crippen molar-refractivity contribution in [3.05, 3.63) is 47.5 Å². The highest BCUT2D eigenvalue weighted by Crippen LogP contribution is 2.47. The summed E-state index contributed by atoms with van der Waals surface area (Å²) in [5.41, 5.74) is -12.0. The Labute approximate surface area is 165 Å². The van der Waals surface area contributed by atoms with Crippen LogP contribution in [0.4, 0.5) is 26.3 Å². The fourth-order valence-electron chi connectivity index (χ4n) is 2.39. The van der Waals surface area contributed by atoms with E-state index < -0.39 is 48.3 Å². The van der Waals surface area contributed by atoms with Gasteiger partial charge in [-0.05, 0) is 23.8 Å². The molecule has 1 aliphatic heterocycles. The van der Waals surface area contributed by atoms with Crippen molar-refractivity contribution in [2.24, 2.45) is 0 Å². The van der Waals surface area contributed by atoms with E-state index in [1.165, 1.54) is 18.2 Å². The normalized spacial score (nSPS) is 14.3. The predicted octanol–water partition coefficient (Wildman–Crippen LogP) is 3.84. The molecule has 0 amide bonds. The van der Waals surface area contributed by atoms with Crippen LogP contribution >= 0.6 is 0 Å².